The zero-order valence-electron chi connectivity index (χ0n) is 13.1. The van der Waals surface area contributed by atoms with Crippen LogP contribution >= 0.6 is 19.9 Å². The third-order valence-corrected chi connectivity index (χ3v) is 12.9. The summed E-state index contributed by atoms with van der Waals surface area (Å²) in [5, 5.41) is 2.76. The summed E-state index contributed by atoms with van der Waals surface area (Å²) in [6, 6.07) is 0. The lowest BCUT2D eigenvalue weighted by Crippen LogP contribution is -2.36. The molecular weight excluding hydrogens is 284 g/mol. The third kappa shape index (κ3) is 3.19. The van der Waals surface area contributed by atoms with Crippen molar-refractivity contribution in [1.29, 1.82) is 0 Å². The van der Waals surface area contributed by atoms with E-state index in [0.29, 0.717) is 0 Å². The molecule has 2 heteroatoms. The molecule has 0 atom stereocenters. The monoisotopic (exact) mass is 316 g/mol. The fourth-order valence-electron chi connectivity index (χ4n) is 5.10. The first-order valence-corrected chi connectivity index (χ1v) is 12.0. The summed E-state index contributed by atoms with van der Waals surface area (Å²) in [5.41, 5.74) is 0. The van der Waals surface area contributed by atoms with Gasteiger partial charge in [-0.05, 0) is 38.5 Å². The molecule has 118 valence electrons. The Bertz CT molecular complexity index is 240. The Morgan fingerprint density at radius 3 is 0.950 bits per heavy atom. The maximum absolute atomic E-state index is 7.66. The van der Waals surface area contributed by atoms with E-state index in [0.717, 1.165) is 15.7 Å². The predicted molar refractivity (Wildman–Crippen MR) is 94.1 cm³/mol. The molecule has 3 fully saturated rings. The summed E-state index contributed by atoms with van der Waals surface area (Å²) in [4.78, 5) is 0. The zero-order valence-corrected chi connectivity index (χ0v) is 14.7. The number of halogens is 1. The molecule has 0 radical (unpaired) electrons. The van der Waals surface area contributed by atoms with E-state index >= 15 is 0 Å². The normalized spacial score (nSPS) is 29.4. The second-order valence-electron chi connectivity index (χ2n) is 7.46. The van der Waals surface area contributed by atoms with Crippen molar-refractivity contribution in [2.24, 2.45) is 0 Å². The standard InChI is InChI=1S/C18H33ClS/c19-20(16-10-4-1-5-11-16,17-12-6-2-7-13-17)18-14-8-3-9-15-18/h16-18H,1-15H2. The number of rotatable bonds is 3. The average molecular weight is 317 g/mol. The van der Waals surface area contributed by atoms with Gasteiger partial charge in [0.25, 0.3) is 0 Å². The molecule has 0 N–H and O–H groups in total. The lowest BCUT2D eigenvalue weighted by molar-refractivity contribution is 0.466. The molecule has 3 rings (SSSR count). The third-order valence-electron chi connectivity index (χ3n) is 6.19. The van der Waals surface area contributed by atoms with Crippen molar-refractivity contribution in [3.05, 3.63) is 0 Å². The topological polar surface area (TPSA) is 0 Å². The van der Waals surface area contributed by atoms with Crippen molar-refractivity contribution >= 4 is 19.9 Å². The number of hydrogen-bond donors (Lipinski definition) is 0. The lowest BCUT2D eigenvalue weighted by atomic mass is 9.99. The van der Waals surface area contributed by atoms with E-state index in [2.05, 4.69) is 0 Å². The van der Waals surface area contributed by atoms with Crippen LogP contribution in [0.2, 0.25) is 0 Å². The van der Waals surface area contributed by atoms with E-state index in [9.17, 15) is 0 Å². The van der Waals surface area contributed by atoms with Crippen molar-refractivity contribution in [2.45, 2.75) is 112 Å². The second-order valence-corrected chi connectivity index (χ2v) is 12.4. The van der Waals surface area contributed by atoms with Gasteiger partial charge in [0, 0.05) is 15.7 Å². The van der Waals surface area contributed by atoms with Crippen LogP contribution in [0, 0.1) is 0 Å². The minimum absolute atomic E-state index is 0.872. The molecule has 0 heterocycles. The van der Waals surface area contributed by atoms with Crippen LogP contribution in [-0.2, 0) is 0 Å². The highest BCUT2D eigenvalue weighted by molar-refractivity contribution is 8.52. The summed E-state index contributed by atoms with van der Waals surface area (Å²) < 4.78 is 0. The quantitative estimate of drug-likeness (QED) is 0.528. The van der Waals surface area contributed by atoms with Gasteiger partial charge >= 0.3 is 0 Å². The van der Waals surface area contributed by atoms with E-state index in [-0.39, 0.29) is 0 Å². The second kappa shape index (κ2) is 7.27. The Kier molecular flexibility index (Phi) is 5.65. The van der Waals surface area contributed by atoms with Gasteiger partial charge in [0.15, 0.2) is 0 Å². The van der Waals surface area contributed by atoms with Crippen molar-refractivity contribution in [2.75, 3.05) is 0 Å². The lowest BCUT2D eigenvalue weighted by Gasteiger charge is -2.55. The van der Waals surface area contributed by atoms with Gasteiger partial charge in [-0.3, -0.25) is 0 Å². The maximum atomic E-state index is 7.66. The Hall–Kier alpha value is 0.640. The van der Waals surface area contributed by atoms with Crippen LogP contribution in [0.4, 0.5) is 0 Å². The molecule has 0 spiro atoms. The molecule has 3 aliphatic carbocycles. The summed E-state index contributed by atoms with van der Waals surface area (Å²) in [6.07, 6.45) is 22.0. The van der Waals surface area contributed by atoms with Crippen LogP contribution in [0.1, 0.15) is 96.3 Å². The van der Waals surface area contributed by atoms with E-state index in [1.807, 2.05) is 0 Å². The summed E-state index contributed by atoms with van der Waals surface area (Å²) in [5.74, 6) is 0. The molecule has 20 heavy (non-hydrogen) atoms. The molecule has 0 nitrogen and oxygen atoms in total. The number of hydrogen-bond acceptors (Lipinski definition) is 0. The van der Waals surface area contributed by atoms with E-state index in [1.54, 1.807) is 0 Å². The highest BCUT2D eigenvalue weighted by Crippen LogP contribution is 2.72. The van der Waals surface area contributed by atoms with Crippen LogP contribution in [0.3, 0.4) is 0 Å². The molecule has 0 aromatic heterocycles. The highest BCUT2D eigenvalue weighted by atomic mass is 35.7. The first-order chi connectivity index (χ1) is 9.82. The smallest absolute Gasteiger partial charge is 0.00192 e. The van der Waals surface area contributed by atoms with Crippen molar-refractivity contribution < 1.29 is 0 Å². The fourth-order valence-corrected chi connectivity index (χ4v) is 11.5. The van der Waals surface area contributed by atoms with E-state index in [1.165, 1.54) is 96.3 Å². The summed E-state index contributed by atoms with van der Waals surface area (Å²) in [6.45, 7) is 0. The molecule has 0 bridgehead atoms. The van der Waals surface area contributed by atoms with Gasteiger partial charge in [0.05, 0.1) is 0 Å². The predicted octanol–water partition coefficient (Wildman–Crippen LogP) is 6.94. The van der Waals surface area contributed by atoms with Crippen molar-refractivity contribution in [3.63, 3.8) is 0 Å². The minimum Gasteiger partial charge on any atom is -0.154 e. The van der Waals surface area contributed by atoms with Gasteiger partial charge in [-0.25, -0.2) is 0 Å². The van der Waals surface area contributed by atoms with Gasteiger partial charge in [-0.15, -0.1) is 0 Å². The highest BCUT2D eigenvalue weighted by Gasteiger charge is 2.45. The Labute approximate surface area is 132 Å². The van der Waals surface area contributed by atoms with Crippen LogP contribution in [-0.4, -0.2) is 15.7 Å². The minimum atomic E-state index is -0.872. The maximum Gasteiger partial charge on any atom is 0.00192 e. The van der Waals surface area contributed by atoms with Crippen LogP contribution in [0.25, 0.3) is 0 Å². The molecule has 0 saturated heterocycles. The van der Waals surface area contributed by atoms with Crippen LogP contribution < -0.4 is 0 Å². The van der Waals surface area contributed by atoms with Crippen LogP contribution in [0.5, 0.6) is 0 Å². The average Bonchev–Trinajstić information content (AvgIpc) is 2.56. The first-order valence-electron chi connectivity index (χ1n) is 9.31. The van der Waals surface area contributed by atoms with Gasteiger partial charge in [0.2, 0.25) is 0 Å². The van der Waals surface area contributed by atoms with Crippen LogP contribution in [0.15, 0.2) is 0 Å². The molecule has 0 amide bonds. The molecule has 3 saturated carbocycles. The molecule has 0 unspecified atom stereocenters. The zero-order chi connectivity index (χ0) is 13.8. The summed E-state index contributed by atoms with van der Waals surface area (Å²) in [7, 11) is 6.79. The molecule has 0 aromatic rings. The molecule has 0 aromatic carbocycles. The molecule has 0 aliphatic heterocycles. The Morgan fingerprint density at radius 2 is 0.700 bits per heavy atom. The van der Waals surface area contributed by atoms with E-state index < -0.39 is 9.24 Å². The van der Waals surface area contributed by atoms with Gasteiger partial charge in [0.1, 0.15) is 0 Å². The largest absolute Gasteiger partial charge is 0.154 e. The van der Waals surface area contributed by atoms with Gasteiger partial charge < -0.3 is 0 Å². The van der Waals surface area contributed by atoms with Gasteiger partial charge in [-0.1, -0.05) is 68.5 Å². The molecular formula is C18H33ClS. The Morgan fingerprint density at radius 1 is 0.450 bits per heavy atom. The first kappa shape index (κ1) is 15.5. The van der Waals surface area contributed by atoms with E-state index in [4.69, 9.17) is 10.7 Å². The SMILES string of the molecule is ClS(C1CCCCC1)(C1CCCCC1)C1CCCCC1. The van der Waals surface area contributed by atoms with Crippen molar-refractivity contribution in [3.8, 4) is 0 Å². The van der Waals surface area contributed by atoms with Crippen molar-refractivity contribution in [1.82, 2.24) is 0 Å². The summed E-state index contributed by atoms with van der Waals surface area (Å²) >= 11 is 0. The Balaban J connectivity index is 1.79. The van der Waals surface area contributed by atoms with Gasteiger partial charge in [-0.2, -0.15) is 9.24 Å². The fraction of sp³-hybridized carbons (Fsp3) is 1.00. The molecule has 3 aliphatic rings.